The minimum atomic E-state index is 0.739. The minimum absolute atomic E-state index is 0.739. The van der Waals surface area contributed by atoms with Gasteiger partial charge < -0.3 is 0 Å². The third-order valence-electron chi connectivity index (χ3n) is 5.54. The Morgan fingerprint density at radius 2 is 1.69 bits per heavy atom. The Morgan fingerprint density at radius 1 is 0.938 bits per heavy atom. The summed E-state index contributed by atoms with van der Waals surface area (Å²) in [4.78, 5) is 0. The van der Waals surface area contributed by atoms with Gasteiger partial charge in [0.15, 0.2) is 0 Å². The standard InChI is InChI=1S/C16H30/c1-3-11-16(4-2)12-10-14-6-5-7-15(13-16)9-8-14/h14-15H,3-13H2,1-2H3. The molecule has 2 fully saturated rings. The zero-order valence-electron chi connectivity index (χ0n) is 11.4. The molecule has 0 aromatic rings. The van der Waals surface area contributed by atoms with Crippen molar-refractivity contribution in [2.24, 2.45) is 17.3 Å². The van der Waals surface area contributed by atoms with Gasteiger partial charge in [-0.25, -0.2) is 0 Å². The molecule has 16 heavy (non-hydrogen) atoms. The van der Waals surface area contributed by atoms with Crippen LogP contribution in [0.3, 0.4) is 0 Å². The molecule has 2 saturated carbocycles. The molecule has 0 aromatic carbocycles. The van der Waals surface area contributed by atoms with Crippen molar-refractivity contribution in [1.82, 2.24) is 0 Å². The molecule has 2 aliphatic rings. The van der Waals surface area contributed by atoms with E-state index in [0.29, 0.717) is 0 Å². The quantitative estimate of drug-likeness (QED) is 0.586. The van der Waals surface area contributed by atoms with Gasteiger partial charge in [0.2, 0.25) is 0 Å². The summed E-state index contributed by atoms with van der Waals surface area (Å²) in [7, 11) is 0. The van der Waals surface area contributed by atoms with Crippen molar-refractivity contribution in [2.75, 3.05) is 0 Å². The summed E-state index contributed by atoms with van der Waals surface area (Å²) in [5, 5.41) is 0. The van der Waals surface area contributed by atoms with E-state index in [1.54, 1.807) is 44.9 Å². The van der Waals surface area contributed by atoms with Crippen LogP contribution in [-0.2, 0) is 0 Å². The Labute approximate surface area is 102 Å². The van der Waals surface area contributed by atoms with Gasteiger partial charge in [0.1, 0.15) is 0 Å². The number of hydrogen-bond acceptors (Lipinski definition) is 0. The van der Waals surface area contributed by atoms with Gasteiger partial charge in [-0.05, 0) is 42.9 Å². The van der Waals surface area contributed by atoms with Crippen molar-refractivity contribution in [2.45, 2.75) is 84.5 Å². The summed E-state index contributed by atoms with van der Waals surface area (Å²) < 4.78 is 0. The van der Waals surface area contributed by atoms with Gasteiger partial charge in [0.25, 0.3) is 0 Å². The summed E-state index contributed by atoms with van der Waals surface area (Å²) in [6, 6.07) is 0. The highest BCUT2D eigenvalue weighted by Crippen LogP contribution is 2.47. The SMILES string of the molecule is CCCC1(CC)CCC2CCCC(CC2)C1. The van der Waals surface area contributed by atoms with Crippen molar-refractivity contribution in [1.29, 1.82) is 0 Å². The third-order valence-corrected chi connectivity index (χ3v) is 5.54. The molecule has 2 rings (SSSR count). The van der Waals surface area contributed by atoms with Crippen LogP contribution < -0.4 is 0 Å². The maximum absolute atomic E-state index is 2.45. The molecule has 0 aromatic heterocycles. The molecule has 3 unspecified atom stereocenters. The molecule has 0 heteroatoms. The lowest BCUT2D eigenvalue weighted by atomic mass is 9.67. The van der Waals surface area contributed by atoms with Crippen LogP contribution in [0.15, 0.2) is 0 Å². The molecule has 0 N–H and O–H groups in total. The van der Waals surface area contributed by atoms with E-state index in [4.69, 9.17) is 0 Å². The van der Waals surface area contributed by atoms with Crippen LogP contribution >= 0.6 is 0 Å². The highest BCUT2D eigenvalue weighted by atomic mass is 14.4. The number of hydrogen-bond donors (Lipinski definition) is 0. The number of rotatable bonds is 3. The maximum atomic E-state index is 2.45. The van der Waals surface area contributed by atoms with Crippen LogP contribution in [0.4, 0.5) is 0 Å². The molecule has 2 bridgehead atoms. The molecule has 0 spiro atoms. The second kappa shape index (κ2) is 5.56. The van der Waals surface area contributed by atoms with Crippen molar-refractivity contribution in [3.63, 3.8) is 0 Å². The molecule has 0 heterocycles. The minimum Gasteiger partial charge on any atom is -0.0654 e. The summed E-state index contributed by atoms with van der Waals surface area (Å²) in [6.45, 7) is 4.82. The fraction of sp³-hybridized carbons (Fsp3) is 1.00. The smallest absolute Gasteiger partial charge is 0.0297 e. The van der Waals surface area contributed by atoms with E-state index in [2.05, 4.69) is 13.8 Å². The molecule has 0 amide bonds. The summed E-state index contributed by atoms with van der Waals surface area (Å²) >= 11 is 0. The first-order chi connectivity index (χ1) is 7.78. The van der Waals surface area contributed by atoms with E-state index in [9.17, 15) is 0 Å². The first kappa shape index (κ1) is 12.5. The molecule has 3 atom stereocenters. The summed E-state index contributed by atoms with van der Waals surface area (Å²) in [5.74, 6) is 2.17. The highest BCUT2D eigenvalue weighted by Gasteiger charge is 2.34. The molecule has 0 radical (unpaired) electrons. The number of fused-ring (bicyclic) bond motifs is 3. The Balaban J connectivity index is 2.08. The maximum Gasteiger partial charge on any atom is -0.0297 e. The lowest BCUT2D eigenvalue weighted by Crippen LogP contribution is -2.26. The van der Waals surface area contributed by atoms with Crippen molar-refractivity contribution in [3.8, 4) is 0 Å². The van der Waals surface area contributed by atoms with Gasteiger partial charge >= 0.3 is 0 Å². The van der Waals surface area contributed by atoms with E-state index in [1.165, 1.54) is 25.7 Å². The van der Waals surface area contributed by atoms with Gasteiger partial charge in [-0.3, -0.25) is 0 Å². The molecule has 0 saturated heterocycles. The molecule has 0 aliphatic heterocycles. The Bertz CT molecular complexity index is 208. The van der Waals surface area contributed by atoms with Gasteiger partial charge in [0.05, 0.1) is 0 Å². The predicted octanol–water partition coefficient (Wildman–Crippen LogP) is 5.56. The topological polar surface area (TPSA) is 0 Å². The zero-order chi connectivity index (χ0) is 11.4. The van der Waals surface area contributed by atoms with Gasteiger partial charge in [-0.2, -0.15) is 0 Å². The van der Waals surface area contributed by atoms with Crippen LogP contribution in [0, 0.1) is 17.3 Å². The largest absolute Gasteiger partial charge is 0.0654 e. The van der Waals surface area contributed by atoms with E-state index >= 15 is 0 Å². The Morgan fingerprint density at radius 3 is 2.44 bits per heavy atom. The lowest BCUT2D eigenvalue weighted by Gasteiger charge is -2.38. The lowest BCUT2D eigenvalue weighted by molar-refractivity contribution is 0.134. The van der Waals surface area contributed by atoms with E-state index in [0.717, 1.165) is 17.3 Å². The van der Waals surface area contributed by atoms with Crippen LogP contribution in [0.25, 0.3) is 0 Å². The Hall–Kier alpha value is 0. The van der Waals surface area contributed by atoms with Crippen LogP contribution in [0.2, 0.25) is 0 Å². The van der Waals surface area contributed by atoms with Crippen molar-refractivity contribution >= 4 is 0 Å². The van der Waals surface area contributed by atoms with Gasteiger partial charge in [0, 0.05) is 0 Å². The molecule has 0 nitrogen and oxygen atoms in total. The Kier molecular flexibility index (Phi) is 4.33. The third kappa shape index (κ3) is 2.81. The van der Waals surface area contributed by atoms with E-state index in [-0.39, 0.29) is 0 Å². The first-order valence-electron chi connectivity index (χ1n) is 7.78. The predicted molar refractivity (Wildman–Crippen MR) is 71.5 cm³/mol. The van der Waals surface area contributed by atoms with Gasteiger partial charge in [-0.15, -0.1) is 0 Å². The summed E-state index contributed by atoms with van der Waals surface area (Å²) in [6.07, 6.45) is 16.7. The molecular weight excluding hydrogens is 192 g/mol. The highest BCUT2D eigenvalue weighted by molar-refractivity contribution is 4.86. The zero-order valence-corrected chi connectivity index (χ0v) is 11.4. The molecular formula is C16H30. The van der Waals surface area contributed by atoms with E-state index < -0.39 is 0 Å². The van der Waals surface area contributed by atoms with Crippen LogP contribution in [0.1, 0.15) is 84.5 Å². The van der Waals surface area contributed by atoms with Gasteiger partial charge in [-0.1, -0.05) is 58.8 Å². The average molecular weight is 222 g/mol. The van der Waals surface area contributed by atoms with Crippen molar-refractivity contribution in [3.05, 3.63) is 0 Å². The van der Waals surface area contributed by atoms with E-state index in [1.807, 2.05) is 0 Å². The molecule has 2 aliphatic carbocycles. The monoisotopic (exact) mass is 222 g/mol. The van der Waals surface area contributed by atoms with Crippen LogP contribution in [-0.4, -0.2) is 0 Å². The normalized spacial score (nSPS) is 40.1. The fourth-order valence-corrected chi connectivity index (χ4v) is 4.43. The fourth-order valence-electron chi connectivity index (χ4n) is 4.43. The molecule has 94 valence electrons. The summed E-state index contributed by atoms with van der Waals surface area (Å²) in [5.41, 5.74) is 0.739. The van der Waals surface area contributed by atoms with Crippen LogP contribution in [0.5, 0.6) is 0 Å². The second-order valence-corrected chi connectivity index (χ2v) is 6.59. The average Bonchev–Trinajstić information content (AvgIpc) is 2.45. The second-order valence-electron chi connectivity index (χ2n) is 6.59. The van der Waals surface area contributed by atoms with Crippen molar-refractivity contribution < 1.29 is 0 Å². The first-order valence-corrected chi connectivity index (χ1v) is 7.78.